The Morgan fingerprint density at radius 1 is 1.27 bits per heavy atom. The lowest BCUT2D eigenvalue weighted by Gasteiger charge is -2.12. The maximum atomic E-state index is 12.8. The van der Waals surface area contributed by atoms with Gasteiger partial charge in [0.05, 0.1) is 26.7 Å². The first-order valence-corrected chi connectivity index (χ1v) is 11.0. The van der Waals surface area contributed by atoms with E-state index in [9.17, 15) is 9.59 Å². The largest absolute Gasteiger partial charge is 0.490 e. The minimum absolute atomic E-state index is 0.0684. The van der Waals surface area contributed by atoms with Crippen molar-refractivity contribution in [1.29, 1.82) is 0 Å². The average molecular weight is 489 g/mol. The van der Waals surface area contributed by atoms with Crippen molar-refractivity contribution in [2.45, 2.75) is 26.9 Å². The maximum Gasteiger partial charge on any atom is 0.335 e. The van der Waals surface area contributed by atoms with Crippen molar-refractivity contribution in [2.24, 2.45) is 4.99 Å². The predicted octanol–water partition coefficient (Wildman–Crippen LogP) is 5.56. The molecule has 1 aliphatic heterocycles. The number of amides is 1. The highest BCUT2D eigenvalue weighted by Gasteiger charge is 2.32. The Labute approximate surface area is 187 Å². The molecule has 0 spiro atoms. The van der Waals surface area contributed by atoms with Crippen molar-refractivity contribution in [3.63, 3.8) is 0 Å². The third-order valence-corrected chi connectivity index (χ3v) is 5.79. The van der Waals surface area contributed by atoms with Gasteiger partial charge in [-0.15, -0.1) is 0 Å². The van der Waals surface area contributed by atoms with Crippen molar-refractivity contribution < 1.29 is 19.4 Å². The van der Waals surface area contributed by atoms with Gasteiger partial charge in [-0.05, 0) is 96.5 Å². The number of benzene rings is 2. The fourth-order valence-corrected chi connectivity index (χ4v) is 4.32. The minimum atomic E-state index is -0.990. The van der Waals surface area contributed by atoms with Crippen LogP contribution in [0.5, 0.6) is 5.75 Å². The van der Waals surface area contributed by atoms with Crippen molar-refractivity contribution in [1.82, 2.24) is 4.90 Å². The highest BCUT2D eigenvalue weighted by molar-refractivity contribution is 9.10. The topological polar surface area (TPSA) is 79.2 Å². The number of amidine groups is 1. The summed E-state index contributed by atoms with van der Waals surface area (Å²) in [4.78, 5) is 30.5. The zero-order valence-electron chi connectivity index (χ0n) is 16.8. The molecule has 6 nitrogen and oxygen atoms in total. The summed E-state index contributed by atoms with van der Waals surface area (Å²) in [6.45, 7) is 6.30. The zero-order valence-corrected chi connectivity index (χ0v) is 19.2. The Morgan fingerprint density at radius 2 is 1.97 bits per heavy atom. The number of aromatic carboxylic acids is 1. The number of halogens is 1. The van der Waals surface area contributed by atoms with E-state index in [2.05, 4.69) is 20.9 Å². The Hall–Kier alpha value is -2.58. The van der Waals surface area contributed by atoms with Crippen LogP contribution in [0.25, 0.3) is 6.08 Å². The molecule has 0 radical (unpaired) electrons. The lowest BCUT2D eigenvalue weighted by atomic mass is 10.2. The second-order valence-electron chi connectivity index (χ2n) is 6.76. The average Bonchev–Trinajstić information content (AvgIpc) is 2.98. The fourth-order valence-electron chi connectivity index (χ4n) is 2.77. The van der Waals surface area contributed by atoms with E-state index in [0.29, 0.717) is 22.3 Å². The number of carboxylic acids is 1. The summed E-state index contributed by atoms with van der Waals surface area (Å²) in [5.41, 5.74) is 1.65. The van der Waals surface area contributed by atoms with Gasteiger partial charge in [0.2, 0.25) is 0 Å². The van der Waals surface area contributed by atoms with Crippen LogP contribution >= 0.6 is 27.7 Å². The van der Waals surface area contributed by atoms with E-state index in [1.54, 1.807) is 17.0 Å². The fraction of sp³-hybridized carbons (Fsp3) is 0.227. The van der Waals surface area contributed by atoms with Gasteiger partial charge in [0.25, 0.3) is 5.91 Å². The second kappa shape index (κ2) is 9.49. The van der Waals surface area contributed by atoms with Crippen molar-refractivity contribution in [2.75, 3.05) is 6.54 Å². The third kappa shape index (κ3) is 5.12. The van der Waals surface area contributed by atoms with E-state index in [4.69, 9.17) is 9.84 Å². The first-order chi connectivity index (χ1) is 14.3. The number of hydrogen-bond donors (Lipinski definition) is 1. The molecule has 8 heteroatoms. The van der Waals surface area contributed by atoms with Crippen molar-refractivity contribution >= 4 is 56.5 Å². The molecule has 1 saturated heterocycles. The molecule has 30 heavy (non-hydrogen) atoms. The highest BCUT2D eigenvalue weighted by Crippen LogP contribution is 2.35. The van der Waals surface area contributed by atoms with Crippen LogP contribution < -0.4 is 4.74 Å². The smallest absolute Gasteiger partial charge is 0.335 e. The molecule has 2 aromatic carbocycles. The molecule has 0 aromatic heterocycles. The van der Waals surface area contributed by atoms with Gasteiger partial charge in [-0.3, -0.25) is 9.69 Å². The Bertz CT molecular complexity index is 1030. The van der Waals surface area contributed by atoms with Gasteiger partial charge >= 0.3 is 5.97 Å². The number of thioether (sulfide) groups is 1. The van der Waals surface area contributed by atoms with E-state index in [1.807, 2.05) is 45.0 Å². The summed E-state index contributed by atoms with van der Waals surface area (Å²) in [7, 11) is 0. The van der Waals surface area contributed by atoms with Gasteiger partial charge in [0, 0.05) is 6.54 Å². The number of ether oxygens (including phenoxy) is 1. The van der Waals surface area contributed by atoms with Crippen LogP contribution in [0.4, 0.5) is 5.69 Å². The number of nitrogens with zero attached hydrogens (tertiary/aromatic N) is 2. The van der Waals surface area contributed by atoms with Gasteiger partial charge in [-0.1, -0.05) is 6.07 Å². The van der Waals surface area contributed by atoms with Crippen LogP contribution in [0, 0.1) is 0 Å². The molecular weight excluding hydrogens is 468 g/mol. The lowest BCUT2D eigenvalue weighted by Crippen LogP contribution is -2.28. The molecule has 1 fully saturated rings. The number of aliphatic imine (C=N–C) groups is 1. The van der Waals surface area contributed by atoms with Crippen molar-refractivity contribution in [3.05, 3.63) is 63.0 Å². The van der Waals surface area contributed by atoms with E-state index in [1.165, 1.54) is 23.9 Å². The Kier molecular flexibility index (Phi) is 6.99. The summed E-state index contributed by atoms with van der Waals surface area (Å²) in [5.74, 6) is -0.349. The second-order valence-corrected chi connectivity index (χ2v) is 8.63. The van der Waals surface area contributed by atoms with E-state index < -0.39 is 5.97 Å². The molecule has 1 N–H and O–H groups in total. The molecule has 1 heterocycles. The molecule has 0 aliphatic carbocycles. The molecule has 0 unspecified atom stereocenters. The molecule has 156 valence electrons. The van der Waals surface area contributed by atoms with Gasteiger partial charge in [-0.2, -0.15) is 0 Å². The predicted molar refractivity (Wildman–Crippen MR) is 123 cm³/mol. The first-order valence-electron chi connectivity index (χ1n) is 9.38. The summed E-state index contributed by atoms with van der Waals surface area (Å²) >= 11 is 4.81. The van der Waals surface area contributed by atoms with Crippen LogP contribution in [0.2, 0.25) is 0 Å². The van der Waals surface area contributed by atoms with E-state index in [0.717, 1.165) is 15.8 Å². The van der Waals surface area contributed by atoms with E-state index >= 15 is 0 Å². The SMILES string of the molecule is CCN1C(=O)/C(=C\c2ccc(OC(C)C)c(Br)c2)SC1=Nc1ccc(C(=O)O)cc1. The van der Waals surface area contributed by atoms with Gasteiger partial charge < -0.3 is 9.84 Å². The molecule has 1 amide bonds. The van der Waals surface area contributed by atoms with Crippen LogP contribution in [0.15, 0.2) is 56.8 Å². The Morgan fingerprint density at radius 3 is 2.53 bits per heavy atom. The summed E-state index contributed by atoms with van der Waals surface area (Å²) < 4.78 is 6.55. The van der Waals surface area contributed by atoms with Crippen molar-refractivity contribution in [3.8, 4) is 5.75 Å². The number of likely N-dealkylation sites (N-methyl/N-ethyl adjacent to an activating group) is 1. The zero-order chi connectivity index (χ0) is 21.8. The highest BCUT2D eigenvalue weighted by atomic mass is 79.9. The lowest BCUT2D eigenvalue weighted by molar-refractivity contribution is -0.122. The van der Waals surface area contributed by atoms with Gasteiger partial charge in [-0.25, -0.2) is 9.79 Å². The monoisotopic (exact) mass is 488 g/mol. The number of hydrogen-bond acceptors (Lipinski definition) is 5. The number of carboxylic acid groups (broad SMARTS) is 1. The van der Waals surface area contributed by atoms with Crippen LogP contribution in [-0.4, -0.2) is 39.7 Å². The molecule has 3 rings (SSSR count). The molecule has 0 bridgehead atoms. The molecule has 0 atom stereocenters. The molecule has 1 aliphatic rings. The minimum Gasteiger partial charge on any atom is -0.490 e. The normalized spacial score (nSPS) is 16.7. The van der Waals surface area contributed by atoms with Crippen LogP contribution in [0.3, 0.4) is 0 Å². The van der Waals surface area contributed by atoms with Crippen LogP contribution in [-0.2, 0) is 4.79 Å². The summed E-state index contributed by atoms with van der Waals surface area (Å²) in [5, 5.41) is 9.58. The molecular formula is C22H21BrN2O4S. The molecule has 2 aromatic rings. The number of carbonyl (C=O) groups is 2. The third-order valence-electron chi connectivity index (χ3n) is 4.16. The van der Waals surface area contributed by atoms with Gasteiger partial charge in [0.1, 0.15) is 5.75 Å². The first kappa shape index (κ1) is 22.1. The molecule has 0 saturated carbocycles. The maximum absolute atomic E-state index is 12.8. The summed E-state index contributed by atoms with van der Waals surface area (Å²) in [6, 6.07) is 11.9. The van der Waals surface area contributed by atoms with Gasteiger partial charge in [0.15, 0.2) is 5.17 Å². The number of carbonyl (C=O) groups excluding carboxylic acids is 1. The standard InChI is InChI=1S/C22H21BrN2O4S/c1-4-25-20(26)19(12-14-5-10-18(17(23)11-14)29-13(2)3)30-22(25)24-16-8-6-15(7-9-16)21(27)28/h5-13H,4H2,1-3H3,(H,27,28)/b19-12+,24-22?. The number of rotatable bonds is 6. The summed E-state index contributed by atoms with van der Waals surface area (Å²) in [6.07, 6.45) is 1.90. The Balaban J connectivity index is 1.86. The van der Waals surface area contributed by atoms with E-state index in [-0.39, 0.29) is 17.6 Å². The van der Waals surface area contributed by atoms with Crippen LogP contribution in [0.1, 0.15) is 36.7 Å². The quantitative estimate of drug-likeness (QED) is 0.538.